The molecule has 0 aliphatic heterocycles. The molecule has 0 saturated carbocycles. The summed E-state index contributed by atoms with van der Waals surface area (Å²) in [4.78, 5) is 37.0. The number of carbonyl (C=O) groups is 3. The number of halogens is 1. The van der Waals surface area contributed by atoms with Gasteiger partial charge in [0.05, 0.1) is 30.5 Å². The van der Waals surface area contributed by atoms with E-state index >= 15 is 0 Å². The molecule has 8 nitrogen and oxygen atoms in total. The first-order valence-corrected chi connectivity index (χ1v) is 11.9. The Morgan fingerprint density at radius 2 is 1.67 bits per heavy atom. The van der Waals surface area contributed by atoms with Crippen LogP contribution in [0.15, 0.2) is 77.9 Å². The highest BCUT2D eigenvalue weighted by Gasteiger charge is 2.17. The molecule has 0 aliphatic rings. The normalized spacial score (nSPS) is 10.8. The summed E-state index contributed by atoms with van der Waals surface area (Å²) in [6.45, 7) is -0.263. The van der Waals surface area contributed by atoms with Crippen LogP contribution in [0.3, 0.4) is 0 Å². The van der Waals surface area contributed by atoms with E-state index in [9.17, 15) is 14.4 Å². The van der Waals surface area contributed by atoms with E-state index in [0.717, 1.165) is 10.1 Å². The Kier molecular flexibility index (Phi) is 7.94. The molecule has 1 heterocycles. The van der Waals surface area contributed by atoms with Gasteiger partial charge in [-0.3, -0.25) is 9.59 Å². The quantitative estimate of drug-likeness (QED) is 0.152. The van der Waals surface area contributed by atoms with E-state index in [4.69, 9.17) is 21.1 Å². The average Bonchev–Trinajstić information content (AvgIpc) is 3.25. The maximum Gasteiger partial charge on any atom is 0.343 e. The molecule has 2 N–H and O–H groups in total. The molecule has 2 amide bonds. The number of benzene rings is 3. The van der Waals surface area contributed by atoms with Crippen LogP contribution in [0.4, 0.5) is 0 Å². The molecule has 182 valence electrons. The number of nitrogens with one attached hydrogen (secondary N) is 2. The summed E-state index contributed by atoms with van der Waals surface area (Å²) in [5, 5.41) is 7.58. The van der Waals surface area contributed by atoms with Gasteiger partial charge in [-0.15, -0.1) is 11.3 Å². The molecule has 0 saturated heterocycles. The third-order valence-electron chi connectivity index (χ3n) is 4.97. The lowest BCUT2D eigenvalue weighted by Gasteiger charge is -2.05. The molecule has 0 fully saturated rings. The standard InChI is InChI=1S/C26H20ClN3O5S/c1-34-18-12-8-17(9-13-18)26(33)35-19-10-6-16(7-11-19)14-29-30-22(31)15-28-25(32)24-23(27)20-4-2-3-5-21(20)36-24/h2-14H,15H2,1H3,(H,28,32)(H,30,31)/b29-14-. The van der Waals surface area contributed by atoms with Gasteiger partial charge in [0, 0.05) is 10.1 Å². The van der Waals surface area contributed by atoms with Crippen LogP contribution in [-0.4, -0.2) is 37.7 Å². The highest BCUT2D eigenvalue weighted by molar-refractivity contribution is 7.21. The van der Waals surface area contributed by atoms with Crippen molar-refractivity contribution in [2.45, 2.75) is 0 Å². The van der Waals surface area contributed by atoms with Crippen molar-refractivity contribution in [1.82, 2.24) is 10.7 Å². The van der Waals surface area contributed by atoms with Crippen molar-refractivity contribution < 1.29 is 23.9 Å². The summed E-state index contributed by atoms with van der Waals surface area (Å²) >= 11 is 7.56. The lowest BCUT2D eigenvalue weighted by atomic mass is 10.2. The van der Waals surface area contributed by atoms with Crippen molar-refractivity contribution in [3.63, 3.8) is 0 Å². The zero-order chi connectivity index (χ0) is 25.5. The van der Waals surface area contributed by atoms with Crippen molar-refractivity contribution in [2.75, 3.05) is 13.7 Å². The molecule has 0 atom stereocenters. The van der Waals surface area contributed by atoms with Crippen molar-refractivity contribution in [1.29, 1.82) is 0 Å². The molecule has 1 aromatic heterocycles. The van der Waals surface area contributed by atoms with Crippen molar-refractivity contribution in [2.24, 2.45) is 5.10 Å². The fourth-order valence-electron chi connectivity index (χ4n) is 3.13. The van der Waals surface area contributed by atoms with E-state index in [-0.39, 0.29) is 6.54 Å². The predicted octanol–water partition coefficient (Wildman–Crippen LogP) is 4.66. The number of thiophene rings is 1. The summed E-state index contributed by atoms with van der Waals surface area (Å²) in [7, 11) is 1.55. The average molecular weight is 522 g/mol. The number of hydrazone groups is 1. The van der Waals surface area contributed by atoms with Crippen LogP contribution in [0, 0.1) is 0 Å². The molecule has 36 heavy (non-hydrogen) atoms. The minimum atomic E-state index is -0.498. The van der Waals surface area contributed by atoms with Crippen LogP contribution in [0.1, 0.15) is 25.6 Å². The molecule has 0 spiro atoms. The third kappa shape index (κ3) is 6.07. The number of methoxy groups -OCH3 is 1. The molecular formula is C26H20ClN3O5S. The van der Waals surface area contributed by atoms with Crippen molar-refractivity contribution in [3.05, 3.63) is 93.8 Å². The minimum absolute atomic E-state index is 0.263. The first-order chi connectivity index (χ1) is 17.4. The second-order valence-electron chi connectivity index (χ2n) is 7.40. The van der Waals surface area contributed by atoms with Crippen LogP contribution in [0.5, 0.6) is 11.5 Å². The van der Waals surface area contributed by atoms with Crippen molar-refractivity contribution >= 4 is 57.0 Å². The van der Waals surface area contributed by atoms with Gasteiger partial charge >= 0.3 is 5.97 Å². The van der Waals surface area contributed by atoms with Crippen LogP contribution in [0.25, 0.3) is 10.1 Å². The van der Waals surface area contributed by atoms with Crippen LogP contribution in [0.2, 0.25) is 5.02 Å². The summed E-state index contributed by atoms with van der Waals surface area (Å²) in [5.74, 6) is -0.419. The van der Waals surface area contributed by atoms with E-state index in [1.54, 1.807) is 55.6 Å². The number of esters is 1. The van der Waals surface area contributed by atoms with E-state index in [1.165, 1.54) is 17.6 Å². The van der Waals surface area contributed by atoms with E-state index < -0.39 is 17.8 Å². The number of amides is 2. The Morgan fingerprint density at radius 1 is 0.972 bits per heavy atom. The zero-order valence-electron chi connectivity index (χ0n) is 19.0. The van der Waals surface area contributed by atoms with Crippen LogP contribution >= 0.6 is 22.9 Å². The lowest BCUT2D eigenvalue weighted by Crippen LogP contribution is -2.34. The van der Waals surface area contributed by atoms with Crippen LogP contribution in [-0.2, 0) is 4.79 Å². The van der Waals surface area contributed by atoms with E-state index in [2.05, 4.69) is 15.8 Å². The van der Waals surface area contributed by atoms with Gasteiger partial charge < -0.3 is 14.8 Å². The third-order valence-corrected chi connectivity index (χ3v) is 6.64. The highest BCUT2D eigenvalue weighted by Crippen LogP contribution is 2.34. The monoisotopic (exact) mass is 521 g/mol. The van der Waals surface area contributed by atoms with Crippen molar-refractivity contribution in [3.8, 4) is 11.5 Å². The lowest BCUT2D eigenvalue weighted by molar-refractivity contribution is -0.120. The number of carbonyl (C=O) groups excluding carboxylic acids is 3. The molecule has 0 radical (unpaired) electrons. The smallest absolute Gasteiger partial charge is 0.343 e. The number of nitrogens with zero attached hydrogens (tertiary/aromatic N) is 1. The van der Waals surface area contributed by atoms with E-state index in [0.29, 0.717) is 32.5 Å². The zero-order valence-corrected chi connectivity index (χ0v) is 20.6. The van der Waals surface area contributed by atoms with Gasteiger partial charge in [-0.25, -0.2) is 10.2 Å². The minimum Gasteiger partial charge on any atom is -0.497 e. The SMILES string of the molecule is COc1ccc(C(=O)Oc2ccc(/C=N\NC(=O)CNC(=O)c3sc4ccccc4c3Cl)cc2)cc1. The molecule has 3 aromatic carbocycles. The molecule has 4 rings (SSSR count). The maximum atomic E-state index is 12.4. The molecule has 4 aromatic rings. The summed E-state index contributed by atoms with van der Waals surface area (Å²) < 4.78 is 11.3. The molecular weight excluding hydrogens is 502 g/mol. The van der Waals surface area contributed by atoms with Gasteiger partial charge in [-0.05, 0) is 60.2 Å². The second-order valence-corrected chi connectivity index (χ2v) is 8.83. The number of ether oxygens (including phenoxy) is 2. The molecule has 0 bridgehead atoms. The van der Waals surface area contributed by atoms with Crippen LogP contribution < -0.4 is 20.2 Å². The topological polar surface area (TPSA) is 106 Å². The Labute approximate surface area is 215 Å². The van der Waals surface area contributed by atoms with E-state index in [1.807, 2.05) is 24.3 Å². The van der Waals surface area contributed by atoms with Gasteiger partial charge in [0.2, 0.25) is 0 Å². The first kappa shape index (κ1) is 24.9. The summed E-state index contributed by atoms with van der Waals surface area (Å²) in [6, 6.07) is 20.6. The van der Waals surface area contributed by atoms with Gasteiger partial charge in [0.15, 0.2) is 0 Å². The predicted molar refractivity (Wildman–Crippen MR) is 139 cm³/mol. The molecule has 0 aliphatic carbocycles. The summed E-state index contributed by atoms with van der Waals surface area (Å²) in [5.41, 5.74) is 3.41. The van der Waals surface area contributed by atoms with Gasteiger partial charge in [0.25, 0.3) is 11.8 Å². The van der Waals surface area contributed by atoms with Gasteiger partial charge in [-0.2, -0.15) is 5.10 Å². The Bertz CT molecular complexity index is 1430. The number of hydrogen-bond donors (Lipinski definition) is 2. The van der Waals surface area contributed by atoms with Gasteiger partial charge in [-0.1, -0.05) is 29.8 Å². The molecule has 0 unspecified atom stereocenters. The Balaban J connectivity index is 1.24. The number of hydrogen-bond acceptors (Lipinski definition) is 7. The highest BCUT2D eigenvalue weighted by atomic mass is 35.5. The fourth-order valence-corrected chi connectivity index (χ4v) is 4.57. The Hall–Kier alpha value is -4.21. The largest absolute Gasteiger partial charge is 0.497 e. The van der Waals surface area contributed by atoms with Gasteiger partial charge in [0.1, 0.15) is 16.4 Å². The fraction of sp³-hybridized carbons (Fsp3) is 0.0769. The Morgan fingerprint density at radius 3 is 2.36 bits per heavy atom. The number of rotatable bonds is 8. The first-order valence-electron chi connectivity index (χ1n) is 10.7. The molecule has 10 heteroatoms. The number of fused-ring (bicyclic) bond motifs is 1. The summed E-state index contributed by atoms with van der Waals surface area (Å²) in [6.07, 6.45) is 1.43. The second kappa shape index (κ2) is 11.5. The maximum absolute atomic E-state index is 12.4.